The summed E-state index contributed by atoms with van der Waals surface area (Å²) in [4.78, 5) is 2.51. The van der Waals surface area contributed by atoms with Crippen LogP contribution in [-0.2, 0) is 0 Å². The number of rotatable bonds is 6. The molecule has 1 aromatic rings. The van der Waals surface area contributed by atoms with E-state index in [9.17, 15) is 5.11 Å². The van der Waals surface area contributed by atoms with Gasteiger partial charge in [0, 0.05) is 23.8 Å². The first kappa shape index (κ1) is 16.3. The Balaban J connectivity index is 2.18. The summed E-state index contributed by atoms with van der Waals surface area (Å²) in [5, 5.41) is 13.4. The first-order valence-corrected chi connectivity index (χ1v) is 8.33. The van der Waals surface area contributed by atoms with Gasteiger partial charge in [-0.1, -0.05) is 19.1 Å². The molecular formula is C18H30N2O. The van der Waals surface area contributed by atoms with Crippen molar-refractivity contribution >= 4 is 5.69 Å². The van der Waals surface area contributed by atoms with Gasteiger partial charge in [-0.2, -0.15) is 0 Å². The van der Waals surface area contributed by atoms with E-state index in [1.54, 1.807) is 0 Å². The van der Waals surface area contributed by atoms with Crippen molar-refractivity contribution < 1.29 is 5.11 Å². The van der Waals surface area contributed by atoms with E-state index < -0.39 is 0 Å². The largest absolute Gasteiger partial charge is 0.394 e. The summed E-state index contributed by atoms with van der Waals surface area (Å²) < 4.78 is 0. The molecule has 0 spiro atoms. The van der Waals surface area contributed by atoms with Gasteiger partial charge in [-0.05, 0) is 63.8 Å². The number of benzene rings is 1. The van der Waals surface area contributed by atoms with Gasteiger partial charge in [0.25, 0.3) is 0 Å². The molecule has 0 heterocycles. The number of hydrogen-bond acceptors (Lipinski definition) is 3. The summed E-state index contributed by atoms with van der Waals surface area (Å²) in [5.74, 6) is 0. The molecular weight excluding hydrogens is 260 g/mol. The molecule has 3 nitrogen and oxygen atoms in total. The first-order valence-electron chi connectivity index (χ1n) is 8.33. The lowest BCUT2D eigenvalue weighted by molar-refractivity contribution is 0.113. The van der Waals surface area contributed by atoms with Gasteiger partial charge < -0.3 is 15.3 Å². The van der Waals surface area contributed by atoms with Crippen LogP contribution < -0.4 is 10.2 Å². The predicted molar refractivity (Wildman–Crippen MR) is 89.9 cm³/mol. The number of aryl methyl sites for hydroxylation is 1. The maximum Gasteiger partial charge on any atom is 0.0614 e. The molecule has 0 bridgehead atoms. The summed E-state index contributed by atoms with van der Waals surface area (Å²) in [7, 11) is 0. The smallest absolute Gasteiger partial charge is 0.0614 e. The van der Waals surface area contributed by atoms with Crippen molar-refractivity contribution in [3.8, 4) is 0 Å². The molecule has 21 heavy (non-hydrogen) atoms. The molecule has 0 aliphatic heterocycles. The maximum absolute atomic E-state index is 9.88. The third-order valence-electron chi connectivity index (χ3n) is 4.79. The van der Waals surface area contributed by atoms with E-state index in [-0.39, 0.29) is 12.1 Å². The molecule has 118 valence electrons. The number of aliphatic hydroxyl groups excluding tert-OH is 1. The Labute approximate surface area is 129 Å². The third-order valence-corrected chi connectivity index (χ3v) is 4.79. The van der Waals surface area contributed by atoms with Crippen molar-refractivity contribution in [1.82, 2.24) is 5.32 Å². The summed E-state index contributed by atoms with van der Waals surface area (Å²) in [5.41, 5.74) is 2.53. The molecule has 2 unspecified atom stereocenters. The minimum absolute atomic E-state index is 0.0884. The Bertz CT molecular complexity index is 445. The van der Waals surface area contributed by atoms with Gasteiger partial charge in [0.15, 0.2) is 0 Å². The Morgan fingerprint density at radius 1 is 1.38 bits per heavy atom. The van der Waals surface area contributed by atoms with Gasteiger partial charge in [-0.25, -0.2) is 0 Å². The molecule has 0 saturated heterocycles. The SMILES string of the molecule is CCNC1(CO)CCCC(N(CC)c2cccc(C)c2)C1. The van der Waals surface area contributed by atoms with Gasteiger partial charge in [-0.15, -0.1) is 0 Å². The van der Waals surface area contributed by atoms with Crippen LogP contribution in [0.5, 0.6) is 0 Å². The molecule has 1 saturated carbocycles. The van der Waals surface area contributed by atoms with Crippen LogP contribution in [0.3, 0.4) is 0 Å². The minimum atomic E-state index is -0.0884. The van der Waals surface area contributed by atoms with Crippen LogP contribution >= 0.6 is 0 Å². The zero-order chi connectivity index (χ0) is 15.3. The molecule has 2 atom stereocenters. The van der Waals surface area contributed by atoms with E-state index in [4.69, 9.17) is 0 Å². The van der Waals surface area contributed by atoms with Crippen LogP contribution in [0.15, 0.2) is 24.3 Å². The average molecular weight is 290 g/mol. The summed E-state index contributed by atoms with van der Waals surface area (Å²) >= 11 is 0. The van der Waals surface area contributed by atoms with E-state index in [0.717, 1.165) is 25.9 Å². The van der Waals surface area contributed by atoms with E-state index >= 15 is 0 Å². The number of nitrogens with zero attached hydrogens (tertiary/aromatic N) is 1. The van der Waals surface area contributed by atoms with Gasteiger partial charge in [0.2, 0.25) is 0 Å². The lowest BCUT2D eigenvalue weighted by Gasteiger charge is -2.45. The quantitative estimate of drug-likeness (QED) is 0.845. The topological polar surface area (TPSA) is 35.5 Å². The average Bonchev–Trinajstić information content (AvgIpc) is 2.49. The lowest BCUT2D eigenvalue weighted by Crippen LogP contribution is -2.56. The molecule has 1 aliphatic carbocycles. The number of hydrogen-bond donors (Lipinski definition) is 2. The Morgan fingerprint density at radius 3 is 2.81 bits per heavy atom. The highest BCUT2D eigenvalue weighted by molar-refractivity contribution is 5.49. The third kappa shape index (κ3) is 3.78. The van der Waals surface area contributed by atoms with Crippen molar-refractivity contribution in [2.24, 2.45) is 0 Å². The second-order valence-corrected chi connectivity index (χ2v) is 6.34. The fourth-order valence-corrected chi connectivity index (χ4v) is 3.79. The molecule has 3 heteroatoms. The number of anilines is 1. The Hall–Kier alpha value is -1.06. The van der Waals surface area contributed by atoms with Crippen LogP contribution in [0.2, 0.25) is 0 Å². The molecule has 1 aliphatic rings. The van der Waals surface area contributed by atoms with Crippen molar-refractivity contribution in [2.45, 2.75) is 58.0 Å². The van der Waals surface area contributed by atoms with Crippen LogP contribution in [0.4, 0.5) is 5.69 Å². The van der Waals surface area contributed by atoms with Crippen LogP contribution in [0.1, 0.15) is 45.1 Å². The standard InChI is InChI=1S/C18H30N2O/c1-4-19-18(14-21)11-7-10-17(13-18)20(5-2)16-9-6-8-15(3)12-16/h6,8-9,12,17,19,21H,4-5,7,10-11,13-14H2,1-3H3. The molecule has 1 aromatic carbocycles. The van der Waals surface area contributed by atoms with Crippen molar-refractivity contribution in [3.63, 3.8) is 0 Å². The van der Waals surface area contributed by atoms with Gasteiger partial charge in [0.1, 0.15) is 0 Å². The Kier molecular flexibility index (Phi) is 5.65. The second kappa shape index (κ2) is 7.28. The van der Waals surface area contributed by atoms with Crippen molar-refractivity contribution in [3.05, 3.63) is 29.8 Å². The minimum Gasteiger partial charge on any atom is -0.394 e. The zero-order valence-corrected chi connectivity index (χ0v) is 13.7. The molecule has 2 N–H and O–H groups in total. The number of likely N-dealkylation sites (N-methyl/N-ethyl adjacent to an activating group) is 1. The fourth-order valence-electron chi connectivity index (χ4n) is 3.79. The zero-order valence-electron chi connectivity index (χ0n) is 13.7. The van der Waals surface area contributed by atoms with Gasteiger partial charge in [0.05, 0.1) is 6.61 Å². The van der Waals surface area contributed by atoms with E-state index in [1.165, 1.54) is 24.1 Å². The monoisotopic (exact) mass is 290 g/mol. The summed E-state index contributed by atoms with van der Waals surface area (Å²) in [6.45, 7) is 8.67. The highest BCUT2D eigenvalue weighted by atomic mass is 16.3. The fraction of sp³-hybridized carbons (Fsp3) is 0.667. The van der Waals surface area contributed by atoms with Crippen molar-refractivity contribution in [1.29, 1.82) is 0 Å². The first-order chi connectivity index (χ1) is 10.1. The molecule has 2 rings (SSSR count). The highest BCUT2D eigenvalue weighted by Gasteiger charge is 2.37. The number of aliphatic hydroxyl groups is 1. The molecule has 1 fully saturated rings. The lowest BCUT2D eigenvalue weighted by atomic mass is 9.78. The molecule has 0 amide bonds. The maximum atomic E-state index is 9.88. The van der Waals surface area contributed by atoms with Crippen LogP contribution in [0, 0.1) is 6.92 Å². The summed E-state index contributed by atoms with van der Waals surface area (Å²) in [6, 6.07) is 9.27. The van der Waals surface area contributed by atoms with E-state index in [2.05, 4.69) is 55.3 Å². The Morgan fingerprint density at radius 2 is 2.19 bits per heavy atom. The predicted octanol–water partition coefficient (Wildman–Crippen LogP) is 3.10. The van der Waals surface area contributed by atoms with E-state index in [0.29, 0.717) is 6.04 Å². The van der Waals surface area contributed by atoms with Crippen LogP contribution in [-0.4, -0.2) is 36.4 Å². The van der Waals surface area contributed by atoms with Gasteiger partial charge in [-0.3, -0.25) is 0 Å². The van der Waals surface area contributed by atoms with Crippen molar-refractivity contribution in [2.75, 3.05) is 24.6 Å². The molecule has 0 radical (unpaired) electrons. The van der Waals surface area contributed by atoms with Crippen LogP contribution in [0.25, 0.3) is 0 Å². The second-order valence-electron chi connectivity index (χ2n) is 6.34. The highest BCUT2D eigenvalue weighted by Crippen LogP contribution is 2.33. The summed E-state index contributed by atoms with van der Waals surface area (Å²) in [6.07, 6.45) is 4.51. The van der Waals surface area contributed by atoms with Gasteiger partial charge >= 0.3 is 0 Å². The normalized spacial score (nSPS) is 25.8. The van der Waals surface area contributed by atoms with E-state index in [1.807, 2.05) is 0 Å². The number of nitrogens with one attached hydrogen (secondary N) is 1. The molecule has 0 aromatic heterocycles.